The second-order valence-corrected chi connectivity index (χ2v) is 11.3. The third kappa shape index (κ3) is 5.50. The van der Waals surface area contributed by atoms with E-state index in [1.165, 1.54) is 6.07 Å². The highest BCUT2D eigenvalue weighted by atomic mass is 79.9. The second kappa shape index (κ2) is 11.9. The molecule has 4 aromatic rings. The Morgan fingerprint density at radius 3 is 1.66 bits per heavy atom. The van der Waals surface area contributed by atoms with Gasteiger partial charge >= 0.3 is 5.97 Å². The Balaban J connectivity index is 0.00000342. The predicted molar refractivity (Wildman–Crippen MR) is 138 cm³/mol. The van der Waals surface area contributed by atoms with Crippen LogP contribution in [-0.4, -0.2) is 17.5 Å². The number of carbonyl (C=O) groups is 1. The molecule has 0 aromatic heterocycles. The third-order valence-electron chi connectivity index (χ3n) is 5.79. The molecule has 7 heteroatoms. The standard InChI is InChI=1S/C28H25NO4P.BrH/c1-2-33-28(30)22-18-19-23(27(20-22)29(31)32)21-34(24-12-6-3-7-13-24,25-14-8-4-9-15-25)26-16-10-5-11-17-26;/h3-20H,2,21H2,1H3;1H/q+1;/p-1. The Hall–Kier alpha value is -3.34. The molecular formula is C28H25BrNO4P. The Morgan fingerprint density at radius 2 is 1.26 bits per heavy atom. The number of rotatable bonds is 8. The smallest absolute Gasteiger partial charge is 0.338 e. The summed E-state index contributed by atoms with van der Waals surface area (Å²) in [5.74, 6) is -0.563. The number of ether oxygens (including phenoxy) is 1. The molecule has 0 aliphatic rings. The van der Waals surface area contributed by atoms with E-state index in [4.69, 9.17) is 4.74 Å². The van der Waals surface area contributed by atoms with Crippen molar-refractivity contribution in [2.75, 3.05) is 6.61 Å². The number of halogens is 1. The van der Waals surface area contributed by atoms with E-state index in [9.17, 15) is 14.9 Å². The summed E-state index contributed by atoms with van der Waals surface area (Å²) in [6.45, 7) is 1.91. The van der Waals surface area contributed by atoms with Crippen LogP contribution in [0.2, 0.25) is 0 Å². The van der Waals surface area contributed by atoms with Crippen LogP contribution >= 0.6 is 7.26 Å². The molecular weight excluding hydrogens is 525 g/mol. The van der Waals surface area contributed by atoms with Crippen LogP contribution in [0.15, 0.2) is 109 Å². The van der Waals surface area contributed by atoms with Crippen molar-refractivity contribution in [2.24, 2.45) is 0 Å². The molecule has 0 fully saturated rings. The van der Waals surface area contributed by atoms with Gasteiger partial charge < -0.3 is 21.7 Å². The van der Waals surface area contributed by atoms with Crippen LogP contribution in [0.1, 0.15) is 22.8 Å². The van der Waals surface area contributed by atoms with Crippen molar-refractivity contribution in [3.8, 4) is 0 Å². The van der Waals surface area contributed by atoms with Gasteiger partial charge in [-0.2, -0.15) is 0 Å². The molecule has 0 saturated carbocycles. The number of esters is 1. The number of hydrogen-bond donors (Lipinski definition) is 0. The molecule has 0 unspecified atom stereocenters. The lowest BCUT2D eigenvalue weighted by molar-refractivity contribution is -0.385. The molecule has 4 rings (SSSR count). The maximum Gasteiger partial charge on any atom is 0.338 e. The zero-order valence-electron chi connectivity index (χ0n) is 19.2. The van der Waals surface area contributed by atoms with Gasteiger partial charge in [-0.1, -0.05) is 54.6 Å². The topological polar surface area (TPSA) is 69.4 Å². The summed E-state index contributed by atoms with van der Waals surface area (Å²) in [5.41, 5.74) is 0.695. The first-order valence-corrected chi connectivity index (χ1v) is 13.0. The minimum atomic E-state index is -2.31. The fraction of sp³-hybridized carbons (Fsp3) is 0.107. The fourth-order valence-electron chi connectivity index (χ4n) is 4.23. The summed E-state index contributed by atoms with van der Waals surface area (Å²) in [5, 5.41) is 15.5. The van der Waals surface area contributed by atoms with Gasteiger partial charge in [0.2, 0.25) is 0 Å². The Kier molecular flexibility index (Phi) is 8.91. The van der Waals surface area contributed by atoms with Crippen LogP contribution in [0, 0.1) is 10.1 Å². The summed E-state index contributed by atoms with van der Waals surface area (Å²) in [4.78, 5) is 23.9. The van der Waals surface area contributed by atoms with Gasteiger partial charge in [0.15, 0.2) is 0 Å². The van der Waals surface area contributed by atoms with E-state index in [0.29, 0.717) is 11.7 Å². The number of nitro benzene ring substituents is 1. The SMILES string of the molecule is CCOC(=O)c1ccc(C[P+](c2ccccc2)(c2ccccc2)c2ccccc2)c([N+](=O)[O-])c1.[Br-]. The first kappa shape index (κ1) is 26.3. The van der Waals surface area contributed by atoms with Gasteiger partial charge in [-0.15, -0.1) is 0 Å². The van der Waals surface area contributed by atoms with Crippen molar-refractivity contribution in [2.45, 2.75) is 13.1 Å². The lowest BCUT2D eigenvalue weighted by Crippen LogP contribution is -3.00. The Bertz CT molecular complexity index is 1190. The monoisotopic (exact) mass is 549 g/mol. The quantitative estimate of drug-likeness (QED) is 0.146. The molecule has 4 aromatic carbocycles. The molecule has 5 nitrogen and oxygen atoms in total. The van der Waals surface area contributed by atoms with Gasteiger partial charge in [-0.25, -0.2) is 4.79 Å². The predicted octanol–water partition coefficient (Wildman–Crippen LogP) is 2.27. The summed E-state index contributed by atoms with van der Waals surface area (Å²) < 4.78 is 5.06. The van der Waals surface area contributed by atoms with Crippen LogP contribution in [-0.2, 0) is 10.9 Å². The third-order valence-corrected chi connectivity index (χ3v) is 10.1. The summed E-state index contributed by atoms with van der Waals surface area (Å²) >= 11 is 0. The first-order chi connectivity index (χ1) is 16.6. The van der Waals surface area contributed by atoms with Crippen LogP contribution < -0.4 is 32.9 Å². The fourth-order valence-corrected chi connectivity index (χ4v) is 8.50. The Labute approximate surface area is 216 Å². The molecule has 0 N–H and O–H groups in total. The molecule has 0 aliphatic heterocycles. The molecule has 0 heterocycles. The largest absolute Gasteiger partial charge is 1.00 e. The Morgan fingerprint density at radius 1 is 0.800 bits per heavy atom. The number of carbonyl (C=O) groups excluding carboxylic acids is 1. The zero-order valence-corrected chi connectivity index (χ0v) is 21.7. The van der Waals surface area contributed by atoms with Crippen molar-refractivity contribution in [3.05, 3.63) is 130 Å². The molecule has 35 heavy (non-hydrogen) atoms. The number of nitro groups is 1. The van der Waals surface area contributed by atoms with Gasteiger partial charge in [0, 0.05) is 6.07 Å². The number of nitrogens with zero attached hydrogens (tertiary/aromatic N) is 1. The first-order valence-electron chi connectivity index (χ1n) is 11.1. The minimum Gasteiger partial charge on any atom is -1.00 e. The van der Waals surface area contributed by atoms with Crippen molar-refractivity contribution in [3.63, 3.8) is 0 Å². The molecule has 0 atom stereocenters. The molecule has 0 radical (unpaired) electrons. The van der Waals surface area contributed by atoms with Crippen molar-refractivity contribution in [1.29, 1.82) is 0 Å². The van der Waals surface area contributed by atoms with E-state index >= 15 is 0 Å². The van der Waals surface area contributed by atoms with Gasteiger partial charge in [0.05, 0.1) is 22.7 Å². The van der Waals surface area contributed by atoms with E-state index in [-0.39, 0.29) is 34.8 Å². The van der Waals surface area contributed by atoms with Crippen LogP contribution in [0.25, 0.3) is 0 Å². The molecule has 0 aliphatic carbocycles. The van der Waals surface area contributed by atoms with E-state index in [1.54, 1.807) is 19.1 Å². The van der Waals surface area contributed by atoms with Crippen LogP contribution in [0.5, 0.6) is 0 Å². The number of hydrogen-bond acceptors (Lipinski definition) is 4. The van der Waals surface area contributed by atoms with E-state index in [2.05, 4.69) is 36.4 Å². The van der Waals surface area contributed by atoms with Gasteiger partial charge in [0.1, 0.15) is 29.3 Å². The van der Waals surface area contributed by atoms with E-state index < -0.39 is 18.2 Å². The van der Waals surface area contributed by atoms with Crippen molar-refractivity contribution >= 4 is 34.8 Å². The molecule has 0 bridgehead atoms. The average molecular weight is 550 g/mol. The number of benzene rings is 4. The van der Waals surface area contributed by atoms with Gasteiger partial charge in [0.25, 0.3) is 5.69 Å². The van der Waals surface area contributed by atoms with E-state index in [1.807, 2.05) is 54.6 Å². The lowest BCUT2D eigenvalue weighted by atomic mass is 10.1. The molecule has 178 valence electrons. The molecule has 0 amide bonds. The average Bonchev–Trinajstić information content (AvgIpc) is 2.89. The molecule has 0 saturated heterocycles. The maximum absolute atomic E-state index is 12.2. The van der Waals surface area contributed by atoms with Crippen molar-refractivity contribution < 1.29 is 31.4 Å². The van der Waals surface area contributed by atoms with Gasteiger partial charge in [-0.05, 0) is 55.5 Å². The second-order valence-electron chi connectivity index (χ2n) is 7.80. The van der Waals surface area contributed by atoms with Crippen molar-refractivity contribution in [1.82, 2.24) is 0 Å². The summed E-state index contributed by atoms with van der Waals surface area (Å²) in [6, 6.07) is 35.3. The normalized spacial score (nSPS) is 10.8. The lowest BCUT2D eigenvalue weighted by Gasteiger charge is -2.27. The summed E-state index contributed by atoms with van der Waals surface area (Å²) in [7, 11) is -2.31. The maximum atomic E-state index is 12.2. The minimum absolute atomic E-state index is 0. The van der Waals surface area contributed by atoms with E-state index in [0.717, 1.165) is 15.9 Å². The van der Waals surface area contributed by atoms with Crippen LogP contribution in [0.3, 0.4) is 0 Å². The van der Waals surface area contributed by atoms with Gasteiger partial charge in [-0.3, -0.25) is 10.1 Å². The highest BCUT2D eigenvalue weighted by Gasteiger charge is 2.46. The highest BCUT2D eigenvalue weighted by molar-refractivity contribution is 7.95. The van der Waals surface area contributed by atoms with Crippen LogP contribution in [0.4, 0.5) is 5.69 Å². The molecule has 0 spiro atoms. The zero-order chi connectivity index (χ0) is 24.0. The summed E-state index contributed by atoms with van der Waals surface area (Å²) in [6.07, 6.45) is 0.449. The highest BCUT2D eigenvalue weighted by Crippen LogP contribution is 2.58.